The zero-order chi connectivity index (χ0) is 51.0. The van der Waals surface area contributed by atoms with E-state index in [0.29, 0.717) is 6.42 Å². The fraction of sp³-hybridized carbons (Fsp3) is 0.933. The molecule has 0 aromatic heterocycles. The van der Waals surface area contributed by atoms with Crippen LogP contribution in [-0.2, 0) is 32.7 Å². The average molecular weight is 1010 g/mol. The molecule has 0 aliphatic rings. The molecule has 3 N–H and O–H groups in total. The molecule has 0 amide bonds. The van der Waals surface area contributed by atoms with Crippen LogP contribution in [0.5, 0.6) is 0 Å². The summed E-state index contributed by atoms with van der Waals surface area (Å²) in [5.74, 6) is -0.813. The highest BCUT2D eigenvalue weighted by Crippen LogP contribution is 2.43. The normalized spacial score (nSPS) is 13.0. The number of unbranched alkanes of at least 4 members (excludes halogenated alkanes) is 44. The van der Waals surface area contributed by atoms with Crippen LogP contribution in [0.1, 0.15) is 328 Å². The number of rotatable bonds is 59. The summed E-state index contributed by atoms with van der Waals surface area (Å²) in [6.07, 6.45) is 65.8. The molecule has 0 aliphatic heterocycles. The largest absolute Gasteiger partial charge is 0.472 e. The van der Waals surface area contributed by atoms with Gasteiger partial charge in [0.1, 0.15) is 6.61 Å². The lowest BCUT2D eigenvalue weighted by Crippen LogP contribution is -2.29. The van der Waals surface area contributed by atoms with E-state index in [-0.39, 0.29) is 38.6 Å². The van der Waals surface area contributed by atoms with Gasteiger partial charge in [0, 0.05) is 19.4 Å². The molecule has 0 aromatic carbocycles. The molecule has 0 saturated carbocycles. The fourth-order valence-corrected chi connectivity index (χ4v) is 10.1. The van der Waals surface area contributed by atoms with E-state index in [1.807, 2.05) is 0 Å². The van der Waals surface area contributed by atoms with Crippen LogP contribution in [-0.4, -0.2) is 49.3 Å². The van der Waals surface area contributed by atoms with Gasteiger partial charge >= 0.3 is 19.8 Å². The highest BCUT2D eigenvalue weighted by Gasteiger charge is 2.26. The van der Waals surface area contributed by atoms with E-state index in [0.717, 1.165) is 44.9 Å². The maximum Gasteiger partial charge on any atom is 0.472 e. The second kappa shape index (κ2) is 57.0. The fourth-order valence-electron chi connectivity index (χ4n) is 9.34. The minimum atomic E-state index is -4.38. The second-order valence-corrected chi connectivity index (χ2v) is 22.4. The van der Waals surface area contributed by atoms with Gasteiger partial charge in [0.15, 0.2) is 6.10 Å². The first kappa shape index (κ1) is 68.8. The van der Waals surface area contributed by atoms with E-state index in [9.17, 15) is 19.0 Å². The monoisotopic (exact) mass is 1010 g/mol. The molecule has 0 saturated heterocycles. The molecule has 0 aromatic rings. The third kappa shape index (κ3) is 56.1. The molecule has 0 aliphatic carbocycles. The molecule has 0 fully saturated rings. The predicted molar refractivity (Wildman–Crippen MR) is 298 cm³/mol. The van der Waals surface area contributed by atoms with E-state index in [4.69, 9.17) is 24.3 Å². The van der Waals surface area contributed by atoms with Crippen molar-refractivity contribution in [3.8, 4) is 0 Å². The molecule has 0 heterocycles. The van der Waals surface area contributed by atoms with Crippen LogP contribution >= 0.6 is 7.82 Å². The van der Waals surface area contributed by atoms with Crippen molar-refractivity contribution in [1.82, 2.24) is 0 Å². The van der Waals surface area contributed by atoms with Crippen LogP contribution in [0, 0.1) is 0 Å². The Bertz CT molecular complexity index is 1150. The number of carbonyl (C=O) groups is 2. The molecular weight excluding hydrogens is 894 g/mol. The molecule has 70 heavy (non-hydrogen) atoms. The van der Waals surface area contributed by atoms with Gasteiger partial charge in [0.05, 0.1) is 13.2 Å². The molecule has 0 spiro atoms. The van der Waals surface area contributed by atoms with Crippen LogP contribution in [0.25, 0.3) is 0 Å². The van der Waals surface area contributed by atoms with Gasteiger partial charge in [-0.05, 0) is 38.5 Å². The van der Waals surface area contributed by atoms with Gasteiger partial charge in [-0.1, -0.05) is 289 Å². The first-order chi connectivity index (χ1) is 34.3. The number of phosphoric ester groups is 1. The van der Waals surface area contributed by atoms with Crippen LogP contribution in [0.3, 0.4) is 0 Å². The molecule has 9 nitrogen and oxygen atoms in total. The SMILES string of the molecule is CCCCCCCCC/C=C\CCCCCCCCCC(=O)OC(COC(=O)CCCCCCCCCCCCCCCCCCCCCCCCCCCCCCCCC)COP(=O)(O)OCCN. The highest BCUT2D eigenvalue weighted by molar-refractivity contribution is 7.47. The Labute approximate surface area is 434 Å². The number of phosphoric acid groups is 1. The second-order valence-electron chi connectivity index (χ2n) is 20.9. The van der Waals surface area contributed by atoms with E-state index in [1.54, 1.807) is 0 Å². The van der Waals surface area contributed by atoms with Crippen molar-refractivity contribution < 1.29 is 37.6 Å². The standard InChI is InChI=1S/C60H118NO8P/c1-3-5-7-9-11-13-15-17-19-21-23-24-25-26-27-28-29-30-31-32-33-34-35-37-38-40-42-44-46-48-50-52-59(62)66-56-58(57-68-70(64,65)67-55-54-61)69-60(63)53-51-49-47-45-43-41-39-36-22-20-18-16-14-12-10-8-6-4-2/h20,22,58H,3-19,21,23-57,61H2,1-2H3,(H,64,65)/b22-20-. The Morgan fingerprint density at radius 1 is 0.414 bits per heavy atom. The van der Waals surface area contributed by atoms with Gasteiger partial charge in [-0.2, -0.15) is 0 Å². The Kier molecular flexibility index (Phi) is 56.0. The number of nitrogens with two attached hydrogens (primary N) is 1. The molecule has 2 atom stereocenters. The van der Waals surface area contributed by atoms with E-state index >= 15 is 0 Å². The van der Waals surface area contributed by atoms with Crippen LogP contribution in [0.15, 0.2) is 12.2 Å². The molecule has 10 heteroatoms. The van der Waals surface area contributed by atoms with Crippen molar-refractivity contribution in [2.24, 2.45) is 5.73 Å². The van der Waals surface area contributed by atoms with Crippen LogP contribution in [0.4, 0.5) is 0 Å². The first-order valence-electron chi connectivity index (χ1n) is 30.7. The van der Waals surface area contributed by atoms with E-state index in [1.165, 1.54) is 250 Å². The average Bonchev–Trinajstić information content (AvgIpc) is 3.35. The minimum absolute atomic E-state index is 0.0560. The lowest BCUT2D eigenvalue weighted by molar-refractivity contribution is -0.161. The number of carbonyl (C=O) groups excluding carboxylic acids is 2. The maximum absolute atomic E-state index is 12.7. The highest BCUT2D eigenvalue weighted by atomic mass is 31.2. The summed E-state index contributed by atoms with van der Waals surface area (Å²) in [5.41, 5.74) is 5.38. The van der Waals surface area contributed by atoms with Crippen molar-refractivity contribution in [2.75, 3.05) is 26.4 Å². The van der Waals surface area contributed by atoms with Gasteiger partial charge in [-0.3, -0.25) is 18.6 Å². The maximum atomic E-state index is 12.7. The van der Waals surface area contributed by atoms with Crippen LogP contribution in [0.2, 0.25) is 0 Å². The predicted octanol–water partition coefficient (Wildman–Crippen LogP) is 19.2. The molecule has 0 radical (unpaired) electrons. The van der Waals surface area contributed by atoms with Gasteiger partial charge in [-0.25, -0.2) is 4.57 Å². The van der Waals surface area contributed by atoms with Crippen molar-refractivity contribution in [2.45, 2.75) is 335 Å². The molecular formula is C60H118NO8P. The summed E-state index contributed by atoms with van der Waals surface area (Å²) in [4.78, 5) is 35.2. The number of esters is 2. The zero-order valence-corrected chi connectivity index (χ0v) is 47.4. The number of allylic oxidation sites excluding steroid dienone is 2. The molecule has 0 bridgehead atoms. The summed E-state index contributed by atoms with van der Waals surface area (Å²) in [6, 6.07) is 0. The Morgan fingerprint density at radius 2 is 0.700 bits per heavy atom. The lowest BCUT2D eigenvalue weighted by atomic mass is 10.0. The Morgan fingerprint density at radius 3 is 1.01 bits per heavy atom. The third-order valence-electron chi connectivity index (χ3n) is 13.9. The first-order valence-corrected chi connectivity index (χ1v) is 32.2. The van der Waals surface area contributed by atoms with Gasteiger partial charge in [0.25, 0.3) is 0 Å². The molecule has 0 rings (SSSR count). The minimum Gasteiger partial charge on any atom is -0.462 e. The van der Waals surface area contributed by atoms with Gasteiger partial charge in [-0.15, -0.1) is 0 Å². The Balaban J connectivity index is 3.83. The molecule has 416 valence electrons. The van der Waals surface area contributed by atoms with Crippen molar-refractivity contribution in [3.05, 3.63) is 12.2 Å². The topological polar surface area (TPSA) is 134 Å². The number of hydrogen-bond acceptors (Lipinski definition) is 8. The summed E-state index contributed by atoms with van der Waals surface area (Å²) >= 11 is 0. The molecule has 2 unspecified atom stereocenters. The van der Waals surface area contributed by atoms with Crippen molar-refractivity contribution >= 4 is 19.8 Å². The quantitative estimate of drug-likeness (QED) is 0.0264. The third-order valence-corrected chi connectivity index (χ3v) is 14.9. The van der Waals surface area contributed by atoms with E-state index < -0.39 is 26.5 Å². The van der Waals surface area contributed by atoms with Crippen LogP contribution < -0.4 is 5.73 Å². The zero-order valence-electron chi connectivity index (χ0n) is 46.5. The number of ether oxygens (including phenoxy) is 2. The summed E-state index contributed by atoms with van der Waals surface area (Å²) in [7, 11) is -4.38. The smallest absolute Gasteiger partial charge is 0.462 e. The Hall–Kier alpha value is -1.25. The van der Waals surface area contributed by atoms with Crippen molar-refractivity contribution in [1.29, 1.82) is 0 Å². The number of hydrogen-bond donors (Lipinski definition) is 2. The van der Waals surface area contributed by atoms with Gasteiger partial charge in [0.2, 0.25) is 0 Å². The summed E-state index contributed by atoms with van der Waals surface area (Å²) < 4.78 is 33.0. The van der Waals surface area contributed by atoms with E-state index in [2.05, 4.69) is 26.0 Å². The van der Waals surface area contributed by atoms with Crippen molar-refractivity contribution in [3.63, 3.8) is 0 Å². The lowest BCUT2D eigenvalue weighted by Gasteiger charge is -2.19. The summed E-state index contributed by atoms with van der Waals surface area (Å²) in [6.45, 7) is 3.80. The summed E-state index contributed by atoms with van der Waals surface area (Å²) in [5, 5.41) is 0. The van der Waals surface area contributed by atoms with Gasteiger partial charge < -0.3 is 20.1 Å².